The molecule has 2 rings (SSSR count). The molecule has 1 N–H and O–H groups in total. The van der Waals surface area contributed by atoms with Crippen molar-refractivity contribution >= 4 is 11.8 Å². The van der Waals surface area contributed by atoms with Crippen LogP contribution >= 0.6 is 0 Å². The molecule has 0 spiro atoms. The third-order valence-electron chi connectivity index (χ3n) is 4.51. The Labute approximate surface area is 165 Å². The third-order valence-corrected chi connectivity index (χ3v) is 4.51. The molecular weight excluding hydrogens is 359 g/mol. The van der Waals surface area contributed by atoms with Crippen LogP contribution < -0.4 is 5.32 Å². The quantitative estimate of drug-likeness (QED) is 0.639. The van der Waals surface area contributed by atoms with Crippen molar-refractivity contribution in [1.82, 2.24) is 10.2 Å². The molecule has 0 heterocycles. The number of ether oxygens (including phenoxy) is 1. The maximum absolute atomic E-state index is 13.2. The summed E-state index contributed by atoms with van der Waals surface area (Å²) in [6, 6.07) is 15.0. The molecule has 0 aliphatic rings. The summed E-state index contributed by atoms with van der Waals surface area (Å²) in [7, 11) is 1.56. The van der Waals surface area contributed by atoms with Gasteiger partial charge in [0.1, 0.15) is 11.9 Å². The summed E-state index contributed by atoms with van der Waals surface area (Å²) >= 11 is 0. The van der Waals surface area contributed by atoms with E-state index >= 15 is 0 Å². The van der Waals surface area contributed by atoms with Crippen LogP contribution in [0.3, 0.4) is 0 Å². The number of benzene rings is 2. The minimum atomic E-state index is -0.648. The molecule has 2 amide bonds. The maximum Gasteiger partial charge on any atom is 0.242 e. The van der Waals surface area contributed by atoms with Gasteiger partial charge in [-0.2, -0.15) is 0 Å². The number of halogens is 1. The summed E-state index contributed by atoms with van der Waals surface area (Å²) in [5.41, 5.74) is 1.83. The highest BCUT2D eigenvalue weighted by Gasteiger charge is 2.25. The summed E-state index contributed by atoms with van der Waals surface area (Å²) < 4.78 is 18.1. The lowest BCUT2D eigenvalue weighted by Crippen LogP contribution is -2.48. The lowest BCUT2D eigenvalue weighted by atomic mass is 10.1. The summed E-state index contributed by atoms with van der Waals surface area (Å²) in [6.45, 7) is 2.72. The molecule has 0 bridgehead atoms. The maximum atomic E-state index is 13.2. The second-order valence-electron chi connectivity index (χ2n) is 6.59. The Morgan fingerprint density at radius 2 is 1.75 bits per heavy atom. The summed E-state index contributed by atoms with van der Waals surface area (Å²) in [6.07, 6.45) is 0.887. The van der Waals surface area contributed by atoms with Crippen molar-refractivity contribution in [3.63, 3.8) is 0 Å². The van der Waals surface area contributed by atoms with Crippen LogP contribution in [0.5, 0.6) is 0 Å². The molecule has 2 aromatic rings. The van der Waals surface area contributed by atoms with Crippen molar-refractivity contribution in [3.05, 3.63) is 71.5 Å². The number of nitrogens with zero attached hydrogens (tertiary/aromatic N) is 1. The molecule has 6 heteroatoms. The SMILES string of the molecule is COCCNC(=O)[C@@H](C)N(Cc1ccc(F)cc1)C(=O)CCc1ccccc1. The number of nitrogens with one attached hydrogen (secondary N) is 1. The summed E-state index contributed by atoms with van der Waals surface area (Å²) in [5.74, 6) is -0.703. The van der Waals surface area contributed by atoms with E-state index < -0.39 is 6.04 Å². The molecule has 1 atom stereocenters. The first-order valence-corrected chi connectivity index (χ1v) is 9.35. The highest BCUT2D eigenvalue weighted by molar-refractivity contribution is 5.87. The van der Waals surface area contributed by atoms with Crippen LogP contribution in [0, 0.1) is 5.82 Å². The first kappa shape index (κ1) is 21.6. The second kappa shape index (κ2) is 11.2. The van der Waals surface area contributed by atoms with Crippen molar-refractivity contribution in [1.29, 1.82) is 0 Å². The Bertz CT molecular complexity index is 750. The van der Waals surface area contributed by atoms with E-state index in [4.69, 9.17) is 4.74 Å². The number of amides is 2. The normalized spacial score (nSPS) is 11.7. The molecule has 0 aromatic heterocycles. The van der Waals surface area contributed by atoms with Gasteiger partial charge in [0.25, 0.3) is 0 Å². The third kappa shape index (κ3) is 6.78. The van der Waals surface area contributed by atoms with Gasteiger partial charge in [0, 0.05) is 26.6 Å². The van der Waals surface area contributed by atoms with E-state index in [0.29, 0.717) is 26.0 Å². The Balaban J connectivity index is 2.08. The Morgan fingerprint density at radius 1 is 1.07 bits per heavy atom. The standard InChI is InChI=1S/C22H27FN2O3/c1-17(22(27)24-14-15-28-2)25(16-19-8-11-20(23)12-9-19)21(26)13-10-18-6-4-3-5-7-18/h3-9,11-12,17H,10,13-16H2,1-2H3,(H,24,27)/t17-/m1/s1. The van der Waals surface area contributed by atoms with E-state index in [9.17, 15) is 14.0 Å². The second-order valence-corrected chi connectivity index (χ2v) is 6.59. The lowest BCUT2D eigenvalue weighted by molar-refractivity contribution is -0.140. The van der Waals surface area contributed by atoms with E-state index in [0.717, 1.165) is 11.1 Å². The zero-order chi connectivity index (χ0) is 20.4. The van der Waals surface area contributed by atoms with Gasteiger partial charge in [0.15, 0.2) is 0 Å². The zero-order valence-corrected chi connectivity index (χ0v) is 16.4. The fourth-order valence-corrected chi connectivity index (χ4v) is 2.83. The van der Waals surface area contributed by atoms with Crippen molar-refractivity contribution in [3.8, 4) is 0 Å². The monoisotopic (exact) mass is 386 g/mol. The minimum Gasteiger partial charge on any atom is -0.383 e. The summed E-state index contributed by atoms with van der Waals surface area (Å²) in [4.78, 5) is 26.9. The number of methoxy groups -OCH3 is 1. The molecule has 0 saturated heterocycles. The predicted octanol–water partition coefficient (Wildman–Crippen LogP) is 2.94. The van der Waals surface area contributed by atoms with E-state index in [1.807, 2.05) is 30.3 Å². The molecule has 0 radical (unpaired) electrons. The van der Waals surface area contributed by atoms with Crippen molar-refractivity contribution in [2.24, 2.45) is 0 Å². The molecule has 0 aliphatic carbocycles. The van der Waals surface area contributed by atoms with Gasteiger partial charge in [0.05, 0.1) is 6.61 Å². The number of carbonyl (C=O) groups is 2. The molecule has 0 saturated carbocycles. The van der Waals surface area contributed by atoms with Crippen LogP contribution in [0.25, 0.3) is 0 Å². The lowest BCUT2D eigenvalue weighted by Gasteiger charge is -2.29. The smallest absolute Gasteiger partial charge is 0.242 e. The van der Waals surface area contributed by atoms with E-state index in [-0.39, 0.29) is 24.2 Å². The van der Waals surface area contributed by atoms with Crippen LogP contribution in [0.4, 0.5) is 4.39 Å². The Kier molecular flexibility index (Phi) is 8.62. The van der Waals surface area contributed by atoms with Gasteiger partial charge in [-0.15, -0.1) is 0 Å². The highest BCUT2D eigenvalue weighted by Crippen LogP contribution is 2.13. The molecule has 150 valence electrons. The summed E-state index contributed by atoms with van der Waals surface area (Å²) in [5, 5.41) is 2.77. The van der Waals surface area contributed by atoms with Crippen molar-refractivity contribution < 1.29 is 18.7 Å². The number of hydrogen-bond donors (Lipinski definition) is 1. The molecule has 2 aromatic carbocycles. The molecule has 28 heavy (non-hydrogen) atoms. The predicted molar refractivity (Wildman–Crippen MR) is 106 cm³/mol. The molecule has 0 fully saturated rings. The van der Waals surface area contributed by atoms with Crippen LogP contribution in [-0.2, 0) is 27.3 Å². The fourth-order valence-electron chi connectivity index (χ4n) is 2.83. The highest BCUT2D eigenvalue weighted by atomic mass is 19.1. The zero-order valence-electron chi connectivity index (χ0n) is 16.4. The van der Waals surface area contributed by atoms with Gasteiger partial charge in [-0.1, -0.05) is 42.5 Å². The van der Waals surface area contributed by atoms with Gasteiger partial charge in [-0.3, -0.25) is 9.59 Å². The van der Waals surface area contributed by atoms with Crippen molar-refractivity contribution in [2.45, 2.75) is 32.4 Å². The van der Waals surface area contributed by atoms with Crippen LogP contribution in [0.15, 0.2) is 54.6 Å². The minimum absolute atomic E-state index is 0.123. The van der Waals surface area contributed by atoms with Crippen LogP contribution in [0.1, 0.15) is 24.5 Å². The Morgan fingerprint density at radius 3 is 2.39 bits per heavy atom. The van der Waals surface area contributed by atoms with Gasteiger partial charge in [0.2, 0.25) is 11.8 Å². The number of rotatable bonds is 10. The Hall–Kier alpha value is -2.73. The first-order chi connectivity index (χ1) is 13.5. The average Bonchev–Trinajstić information content (AvgIpc) is 2.72. The van der Waals surface area contributed by atoms with Crippen LogP contribution in [-0.4, -0.2) is 43.0 Å². The van der Waals surface area contributed by atoms with E-state index in [1.54, 1.807) is 26.2 Å². The van der Waals surface area contributed by atoms with E-state index in [2.05, 4.69) is 5.32 Å². The van der Waals surface area contributed by atoms with E-state index in [1.165, 1.54) is 17.0 Å². The van der Waals surface area contributed by atoms with Gasteiger partial charge >= 0.3 is 0 Å². The first-order valence-electron chi connectivity index (χ1n) is 9.35. The van der Waals surface area contributed by atoms with Crippen LogP contribution in [0.2, 0.25) is 0 Å². The fraction of sp³-hybridized carbons (Fsp3) is 0.364. The number of aryl methyl sites for hydroxylation is 1. The topological polar surface area (TPSA) is 58.6 Å². The molecule has 5 nitrogen and oxygen atoms in total. The molecule has 0 unspecified atom stereocenters. The van der Waals surface area contributed by atoms with Gasteiger partial charge in [-0.05, 0) is 36.6 Å². The van der Waals surface area contributed by atoms with Gasteiger partial charge < -0.3 is 15.0 Å². The molecular formula is C22H27FN2O3. The molecule has 0 aliphatic heterocycles. The average molecular weight is 386 g/mol. The van der Waals surface area contributed by atoms with Gasteiger partial charge in [-0.25, -0.2) is 4.39 Å². The largest absolute Gasteiger partial charge is 0.383 e. The number of hydrogen-bond acceptors (Lipinski definition) is 3. The van der Waals surface area contributed by atoms with Crippen molar-refractivity contribution in [2.75, 3.05) is 20.3 Å². The number of carbonyl (C=O) groups excluding carboxylic acids is 2.